The Bertz CT molecular complexity index is 219. The average molecular weight is 206 g/mol. The van der Waals surface area contributed by atoms with Crippen molar-refractivity contribution in [1.29, 1.82) is 0 Å². The lowest BCUT2D eigenvalue weighted by molar-refractivity contribution is -0.450. The molecule has 0 aromatic rings. The molecule has 2 rings (SSSR count). The smallest absolute Gasteiger partial charge is 0.115 e. The minimum atomic E-state index is -0.175. The minimum Gasteiger partial charge on any atom is -1.00 e. The molecule has 0 aromatic heterocycles. The Kier molecular flexibility index (Phi) is 2.47. The van der Waals surface area contributed by atoms with Crippen LogP contribution in [-0.4, -0.2) is 17.3 Å². The van der Waals surface area contributed by atoms with E-state index in [2.05, 4.69) is 26.5 Å². The van der Waals surface area contributed by atoms with E-state index in [1.54, 1.807) is 0 Å². The molecule has 2 aliphatic rings. The fourth-order valence-corrected chi connectivity index (χ4v) is 3.53. The number of rotatable bonds is 0. The average Bonchev–Trinajstić information content (AvgIpc) is 2.26. The molecule has 0 spiro atoms. The Labute approximate surface area is 86.3 Å². The van der Waals surface area contributed by atoms with Gasteiger partial charge in [-0.15, -0.1) is 0 Å². The molecule has 3 heteroatoms. The highest BCUT2D eigenvalue weighted by atomic mass is 35.5. The van der Waals surface area contributed by atoms with Crippen molar-refractivity contribution < 1.29 is 23.2 Å². The highest BCUT2D eigenvalue weighted by molar-refractivity contribution is 5.14. The van der Waals surface area contributed by atoms with Crippen LogP contribution in [0.1, 0.15) is 33.6 Å². The molecule has 4 N–H and O–H groups in total. The van der Waals surface area contributed by atoms with Crippen molar-refractivity contribution in [3.8, 4) is 0 Å². The molecule has 2 nitrogen and oxygen atoms in total. The maximum atomic E-state index is 10.0. The van der Waals surface area contributed by atoms with Gasteiger partial charge in [-0.1, -0.05) is 20.8 Å². The van der Waals surface area contributed by atoms with Gasteiger partial charge in [0.2, 0.25) is 0 Å². The van der Waals surface area contributed by atoms with E-state index in [9.17, 15) is 5.11 Å². The number of hydrogen-bond acceptors (Lipinski definition) is 1. The lowest BCUT2D eigenvalue weighted by Crippen LogP contribution is -3.00. The quantitative estimate of drug-likeness (QED) is 0.449. The van der Waals surface area contributed by atoms with Crippen LogP contribution >= 0.6 is 0 Å². The molecular weight excluding hydrogens is 186 g/mol. The molecule has 0 unspecified atom stereocenters. The van der Waals surface area contributed by atoms with E-state index in [0.29, 0.717) is 11.3 Å². The standard InChI is InChI=1S/C10H19NO.ClH/c1-9(2)6-4-5-10(9,3)8(12)7(6)11;/h6-8,12H,4-5,11H2,1-3H3;1H/t6-,7-,8-,10+;/m1./s1. The zero-order valence-electron chi connectivity index (χ0n) is 8.68. The van der Waals surface area contributed by atoms with Gasteiger partial charge in [0.15, 0.2) is 0 Å². The van der Waals surface area contributed by atoms with Crippen LogP contribution in [0.4, 0.5) is 0 Å². The molecule has 2 saturated carbocycles. The van der Waals surface area contributed by atoms with Gasteiger partial charge in [-0.05, 0) is 18.3 Å². The van der Waals surface area contributed by atoms with Gasteiger partial charge < -0.3 is 23.2 Å². The molecule has 13 heavy (non-hydrogen) atoms. The van der Waals surface area contributed by atoms with Crippen molar-refractivity contribution in [2.45, 2.75) is 45.8 Å². The molecular formula is C10H20ClNO. The third-order valence-electron chi connectivity index (χ3n) is 4.95. The monoisotopic (exact) mass is 205 g/mol. The van der Waals surface area contributed by atoms with Crippen molar-refractivity contribution in [3.05, 3.63) is 0 Å². The molecule has 78 valence electrons. The van der Waals surface area contributed by atoms with Crippen LogP contribution in [0.25, 0.3) is 0 Å². The lowest BCUT2D eigenvalue weighted by Gasteiger charge is -2.35. The molecule has 0 heterocycles. The van der Waals surface area contributed by atoms with Gasteiger partial charge in [-0.25, -0.2) is 0 Å². The van der Waals surface area contributed by atoms with Crippen molar-refractivity contribution in [2.24, 2.45) is 16.7 Å². The predicted octanol–water partition coefficient (Wildman–Crippen LogP) is -2.58. The van der Waals surface area contributed by atoms with Gasteiger partial charge in [0.25, 0.3) is 0 Å². The number of halogens is 1. The number of hydrogen-bond donors (Lipinski definition) is 2. The molecule has 0 aromatic carbocycles. The van der Waals surface area contributed by atoms with E-state index in [-0.39, 0.29) is 30.0 Å². The molecule has 0 amide bonds. The second kappa shape index (κ2) is 2.85. The van der Waals surface area contributed by atoms with Crippen LogP contribution in [0, 0.1) is 16.7 Å². The van der Waals surface area contributed by atoms with Crippen molar-refractivity contribution >= 4 is 0 Å². The SMILES string of the molecule is CC1(C)[C@@H]2CC[C@@]1(C)[C@H](O)[C@@H]2[NH3+].[Cl-]. The van der Waals surface area contributed by atoms with Crippen LogP contribution in [0.3, 0.4) is 0 Å². The van der Waals surface area contributed by atoms with Crippen molar-refractivity contribution in [2.75, 3.05) is 0 Å². The highest BCUT2D eigenvalue weighted by Gasteiger charge is 2.66. The van der Waals surface area contributed by atoms with E-state index in [1.807, 2.05) is 0 Å². The number of fused-ring (bicyclic) bond motifs is 2. The zero-order chi connectivity index (χ0) is 9.15. The molecule has 4 atom stereocenters. The molecule has 0 radical (unpaired) electrons. The Balaban J connectivity index is 0.000000845. The third kappa shape index (κ3) is 1.03. The fourth-order valence-electron chi connectivity index (χ4n) is 3.53. The molecule has 2 fully saturated rings. The first-order valence-electron chi connectivity index (χ1n) is 4.92. The summed E-state index contributed by atoms with van der Waals surface area (Å²) in [7, 11) is 0. The van der Waals surface area contributed by atoms with Gasteiger partial charge in [-0.3, -0.25) is 0 Å². The van der Waals surface area contributed by atoms with Gasteiger partial charge >= 0.3 is 0 Å². The van der Waals surface area contributed by atoms with Gasteiger partial charge in [0.1, 0.15) is 12.1 Å². The van der Waals surface area contributed by atoms with Gasteiger partial charge in [0.05, 0.1) is 0 Å². The summed E-state index contributed by atoms with van der Waals surface area (Å²) >= 11 is 0. The summed E-state index contributed by atoms with van der Waals surface area (Å²) in [6.45, 7) is 6.81. The highest BCUT2D eigenvalue weighted by Crippen LogP contribution is 2.64. The Hall–Kier alpha value is 0.210. The summed E-state index contributed by atoms with van der Waals surface area (Å²) in [6.07, 6.45) is 2.26. The van der Waals surface area contributed by atoms with E-state index in [0.717, 1.165) is 0 Å². The molecule has 0 saturated heterocycles. The summed E-state index contributed by atoms with van der Waals surface area (Å²) in [6, 6.07) is 0.263. The predicted molar refractivity (Wildman–Crippen MR) is 47.3 cm³/mol. The third-order valence-corrected chi connectivity index (χ3v) is 4.95. The summed E-state index contributed by atoms with van der Waals surface area (Å²) in [5.74, 6) is 0.637. The second-order valence-electron chi connectivity index (χ2n) is 5.39. The number of quaternary nitrogens is 1. The summed E-state index contributed by atoms with van der Waals surface area (Å²) < 4.78 is 0. The first kappa shape index (κ1) is 11.3. The largest absolute Gasteiger partial charge is 1.00 e. The summed E-state index contributed by atoms with van der Waals surface area (Å²) in [4.78, 5) is 0. The first-order valence-corrected chi connectivity index (χ1v) is 4.92. The van der Waals surface area contributed by atoms with E-state index >= 15 is 0 Å². The van der Waals surface area contributed by atoms with Crippen LogP contribution in [-0.2, 0) is 0 Å². The maximum absolute atomic E-state index is 10.0. The molecule has 0 aliphatic heterocycles. The summed E-state index contributed by atoms with van der Waals surface area (Å²) in [5.41, 5.74) is 4.51. The molecule has 2 aliphatic carbocycles. The normalized spacial score (nSPS) is 51.9. The zero-order valence-corrected chi connectivity index (χ0v) is 9.43. The Morgan fingerprint density at radius 3 is 2.08 bits per heavy atom. The van der Waals surface area contributed by atoms with E-state index in [4.69, 9.17) is 0 Å². The Morgan fingerprint density at radius 1 is 1.31 bits per heavy atom. The fraction of sp³-hybridized carbons (Fsp3) is 1.00. The maximum Gasteiger partial charge on any atom is 0.115 e. The van der Waals surface area contributed by atoms with Crippen molar-refractivity contribution in [1.82, 2.24) is 0 Å². The molecule has 2 bridgehead atoms. The summed E-state index contributed by atoms with van der Waals surface area (Å²) in [5, 5.41) is 10.0. The van der Waals surface area contributed by atoms with Crippen LogP contribution in [0.15, 0.2) is 0 Å². The number of aliphatic hydroxyl groups excluding tert-OH is 1. The second-order valence-corrected chi connectivity index (χ2v) is 5.39. The number of aliphatic hydroxyl groups is 1. The van der Waals surface area contributed by atoms with Crippen LogP contribution in [0.5, 0.6) is 0 Å². The topological polar surface area (TPSA) is 47.9 Å². The van der Waals surface area contributed by atoms with Crippen LogP contribution in [0.2, 0.25) is 0 Å². The minimum absolute atomic E-state index is 0. The van der Waals surface area contributed by atoms with E-state index in [1.165, 1.54) is 12.8 Å². The van der Waals surface area contributed by atoms with Gasteiger partial charge in [0, 0.05) is 11.3 Å². The van der Waals surface area contributed by atoms with Gasteiger partial charge in [-0.2, -0.15) is 0 Å². The lowest BCUT2D eigenvalue weighted by atomic mass is 9.70. The Morgan fingerprint density at radius 2 is 1.85 bits per heavy atom. The van der Waals surface area contributed by atoms with Crippen molar-refractivity contribution in [3.63, 3.8) is 0 Å². The first-order chi connectivity index (χ1) is 5.41. The van der Waals surface area contributed by atoms with E-state index < -0.39 is 0 Å². The van der Waals surface area contributed by atoms with Crippen LogP contribution < -0.4 is 18.1 Å².